The van der Waals surface area contributed by atoms with Gasteiger partial charge in [-0.3, -0.25) is 4.98 Å². The summed E-state index contributed by atoms with van der Waals surface area (Å²) in [5.41, 5.74) is 8.61. The second-order valence-corrected chi connectivity index (χ2v) is 7.54. The van der Waals surface area contributed by atoms with Crippen LogP contribution in [0.1, 0.15) is 31.1 Å². The number of imidazole rings is 1. The van der Waals surface area contributed by atoms with Crippen molar-refractivity contribution in [2.75, 3.05) is 12.4 Å². The largest absolute Gasteiger partial charge is 0.386 e. The molecule has 4 aromatic heterocycles. The lowest BCUT2D eigenvalue weighted by atomic mass is 10.1. The molecule has 0 saturated heterocycles. The van der Waals surface area contributed by atoms with Crippen LogP contribution in [-0.4, -0.2) is 32.0 Å². The Balaban J connectivity index is 1.80. The molecule has 0 aliphatic carbocycles. The topological polar surface area (TPSA) is 79.4 Å². The summed E-state index contributed by atoms with van der Waals surface area (Å²) in [6.07, 6.45) is 11.3. The summed E-state index contributed by atoms with van der Waals surface area (Å²) in [7, 11) is 1.87. The van der Waals surface area contributed by atoms with E-state index in [-0.39, 0.29) is 0 Å². The number of hydrogen-bond acceptors (Lipinski definition) is 5. The zero-order valence-corrected chi connectivity index (χ0v) is 19.1. The molecule has 0 atom stereocenters. The minimum absolute atomic E-state index is 0.619. The average Bonchev–Trinajstić information content (AvgIpc) is 3.31. The van der Waals surface area contributed by atoms with E-state index in [1.165, 1.54) is 0 Å². The molecule has 0 aliphatic heterocycles. The molecule has 0 unspecified atom stereocenters. The lowest BCUT2D eigenvalue weighted by Crippen LogP contribution is -2.02. The van der Waals surface area contributed by atoms with E-state index in [1.54, 1.807) is 12.4 Å². The highest BCUT2D eigenvalue weighted by Crippen LogP contribution is 2.31. The molecule has 0 fully saturated rings. The maximum atomic E-state index is 4.93. The first-order chi connectivity index (χ1) is 16.0. The highest BCUT2D eigenvalue weighted by Gasteiger charge is 2.17. The molecular weight excluding hydrogens is 408 g/mol. The number of nitrogens with one attached hydrogen (secondary N) is 2. The lowest BCUT2D eigenvalue weighted by Gasteiger charge is -2.12. The Labute approximate surface area is 193 Å². The van der Waals surface area contributed by atoms with Gasteiger partial charge in [0.2, 0.25) is 0 Å². The maximum absolute atomic E-state index is 4.93. The SMILES string of the molecule is C=C/C(C)=C\C(=C/C)c1ccc(NC)c(C(=C)c2nc3nccc(-c4cccnc4)c3[nH]2)n1. The quantitative estimate of drug-likeness (QED) is 0.346. The number of rotatable bonds is 7. The van der Waals surface area contributed by atoms with Crippen LogP contribution in [0.2, 0.25) is 0 Å². The number of fused-ring (bicyclic) bond motifs is 1. The minimum Gasteiger partial charge on any atom is -0.386 e. The second kappa shape index (κ2) is 9.44. The van der Waals surface area contributed by atoms with Crippen LogP contribution in [0.5, 0.6) is 0 Å². The van der Waals surface area contributed by atoms with Crippen molar-refractivity contribution in [3.63, 3.8) is 0 Å². The Morgan fingerprint density at radius 2 is 1.97 bits per heavy atom. The van der Waals surface area contributed by atoms with Crippen molar-refractivity contribution in [3.05, 3.63) is 103 Å². The van der Waals surface area contributed by atoms with Crippen LogP contribution >= 0.6 is 0 Å². The van der Waals surface area contributed by atoms with Gasteiger partial charge < -0.3 is 10.3 Å². The van der Waals surface area contributed by atoms with Crippen LogP contribution in [0, 0.1) is 0 Å². The molecule has 164 valence electrons. The van der Waals surface area contributed by atoms with E-state index in [0.717, 1.165) is 44.9 Å². The van der Waals surface area contributed by atoms with Gasteiger partial charge in [-0.1, -0.05) is 43.0 Å². The van der Waals surface area contributed by atoms with Crippen molar-refractivity contribution in [2.45, 2.75) is 13.8 Å². The van der Waals surface area contributed by atoms with Gasteiger partial charge in [-0.05, 0) is 43.7 Å². The van der Waals surface area contributed by atoms with E-state index in [4.69, 9.17) is 9.97 Å². The van der Waals surface area contributed by atoms with Crippen molar-refractivity contribution in [1.82, 2.24) is 24.9 Å². The summed E-state index contributed by atoms with van der Waals surface area (Å²) < 4.78 is 0. The smallest absolute Gasteiger partial charge is 0.178 e. The number of H-pyrrole nitrogens is 1. The Bertz CT molecular complexity index is 1390. The Morgan fingerprint density at radius 3 is 2.67 bits per heavy atom. The first-order valence-electron chi connectivity index (χ1n) is 10.7. The molecule has 0 amide bonds. The van der Waals surface area contributed by atoms with E-state index in [0.29, 0.717) is 17.0 Å². The monoisotopic (exact) mass is 434 g/mol. The summed E-state index contributed by atoms with van der Waals surface area (Å²) in [6, 6.07) is 9.87. The predicted molar refractivity (Wildman–Crippen MR) is 137 cm³/mol. The number of aromatic nitrogens is 5. The number of aromatic amines is 1. The van der Waals surface area contributed by atoms with Crippen molar-refractivity contribution >= 4 is 28.0 Å². The number of allylic oxidation sites excluding steroid dienone is 5. The molecule has 2 N–H and O–H groups in total. The number of anilines is 1. The Kier molecular flexibility index (Phi) is 6.26. The van der Waals surface area contributed by atoms with Crippen LogP contribution in [0.4, 0.5) is 5.69 Å². The van der Waals surface area contributed by atoms with Crippen molar-refractivity contribution in [2.24, 2.45) is 0 Å². The van der Waals surface area contributed by atoms with Gasteiger partial charge in [0.15, 0.2) is 5.65 Å². The maximum Gasteiger partial charge on any atom is 0.178 e. The molecule has 6 nitrogen and oxygen atoms in total. The summed E-state index contributed by atoms with van der Waals surface area (Å²) in [6.45, 7) is 12.2. The van der Waals surface area contributed by atoms with E-state index in [1.807, 2.05) is 69.6 Å². The third kappa shape index (κ3) is 4.36. The fourth-order valence-electron chi connectivity index (χ4n) is 3.59. The zero-order valence-electron chi connectivity index (χ0n) is 19.1. The predicted octanol–water partition coefficient (Wildman–Crippen LogP) is 6.05. The molecular formula is C27H26N6. The van der Waals surface area contributed by atoms with E-state index >= 15 is 0 Å². The van der Waals surface area contributed by atoms with E-state index < -0.39 is 0 Å². The lowest BCUT2D eigenvalue weighted by molar-refractivity contribution is 1.18. The van der Waals surface area contributed by atoms with Gasteiger partial charge in [-0.25, -0.2) is 15.0 Å². The van der Waals surface area contributed by atoms with Crippen LogP contribution in [0.25, 0.3) is 33.4 Å². The summed E-state index contributed by atoms with van der Waals surface area (Å²) in [4.78, 5) is 21.7. The molecule has 4 heterocycles. The third-order valence-corrected chi connectivity index (χ3v) is 5.41. The molecule has 33 heavy (non-hydrogen) atoms. The van der Waals surface area contributed by atoms with Gasteiger partial charge >= 0.3 is 0 Å². The van der Waals surface area contributed by atoms with Crippen molar-refractivity contribution < 1.29 is 0 Å². The van der Waals surface area contributed by atoms with Crippen LogP contribution in [0.15, 0.2) is 85.9 Å². The summed E-state index contributed by atoms with van der Waals surface area (Å²) in [5, 5.41) is 3.21. The van der Waals surface area contributed by atoms with Gasteiger partial charge in [0.25, 0.3) is 0 Å². The molecule has 0 spiro atoms. The zero-order chi connectivity index (χ0) is 23.4. The van der Waals surface area contributed by atoms with Crippen LogP contribution < -0.4 is 5.32 Å². The fourth-order valence-corrected chi connectivity index (χ4v) is 3.59. The molecule has 0 bridgehead atoms. The first kappa shape index (κ1) is 21.9. The van der Waals surface area contributed by atoms with Gasteiger partial charge in [0.05, 0.1) is 22.6 Å². The highest BCUT2D eigenvalue weighted by molar-refractivity contribution is 5.92. The normalized spacial score (nSPS) is 12.1. The fraction of sp³-hybridized carbons (Fsp3) is 0.111. The minimum atomic E-state index is 0.619. The Hall–Kier alpha value is -4.32. The molecule has 6 heteroatoms. The molecule has 0 radical (unpaired) electrons. The molecule has 0 aliphatic rings. The molecule has 4 rings (SSSR count). The van der Waals surface area contributed by atoms with E-state index in [2.05, 4.69) is 39.5 Å². The second-order valence-electron chi connectivity index (χ2n) is 7.54. The number of hydrogen-bond donors (Lipinski definition) is 2. The van der Waals surface area contributed by atoms with Gasteiger partial charge in [0, 0.05) is 42.3 Å². The van der Waals surface area contributed by atoms with Crippen molar-refractivity contribution in [1.29, 1.82) is 0 Å². The highest BCUT2D eigenvalue weighted by atomic mass is 15.0. The average molecular weight is 435 g/mol. The van der Waals surface area contributed by atoms with Crippen molar-refractivity contribution in [3.8, 4) is 11.1 Å². The van der Waals surface area contributed by atoms with Gasteiger partial charge in [0.1, 0.15) is 5.82 Å². The molecule has 0 saturated carbocycles. The standard InChI is InChI=1S/C27H26N6/c1-6-17(3)15-19(7-2)22-10-11-23(28-5)24(31-22)18(4)26-32-25-21(12-14-30-27(25)33-26)20-9-8-13-29-16-20/h6-16,28H,1,4H2,2-3,5H3,(H,30,32,33)/b17-15-,19-7+. The number of pyridine rings is 3. The van der Waals surface area contributed by atoms with Gasteiger partial charge in [-0.2, -0.15) is 0 Å². The summed E-state index contributed by atoms with van der Waals surface area (Å²) >= 11 is 0. The first-order valence-corrected chi connectivity index (χ1v) is 10.7. The van der Waals surface area contributed by atoms with Gasteiger partial charge in [-0.15, -0.1) is 0 Å². The van der Waals surface area contributed by atoms with Crippen LogP contribution in [0.3, 0.4) is 0 Å². The van der Waals surface area contributed by atoms with Crippen LogP contribution in [-0.2, 0) is 0 Å². The van der Waals surface area contributed by atoms with E-state index in [9.17, 15) is 0 Å². The third-order valence-electron chi connectivity index (χ3n) is 5.41. The molecule has 0 aromatic carbocycles. The Morgan fingerprint density at radius 1 is 1.12 bits per heavy atom. The summed E-state index contributed by atoms with van der Waals surface area (Å²) in [5.74, 6) is 0.620. The number of nitrogens with zero attached hydrogens (tertiary/aromatic N) is 4. The molecule has 4 aromatic rings.